The second-order valence-corrected chi connectivity index (χ2v) is 11.5. The highest BCUT2D eigenvalue weighted by atomic mass is 35.5. The number of benzene rings is 3. The molecule has 0 saturated heterocycles. The van der Waals surface area contributed by atoms with Gasteiger partial charge in [-0.2, -0.15) is 0 Å². The smallest absolute Gasteiger partial charge is 0.315 e. The second-order valence-electron chi connectivity index (χ2n) is 10.7. The van der Waals surface area contributed by atoms with Gasteiger partial charge in [0.1, 0.15) is 0 Å². The fourth-order valence-corrected chi connectivity index (χ4v) is 5.88. The van der Waals surface area contributed by atoms with Crippen LogP contribution < -0.4 is 21.3 Å². The molecule has 0 bridgehead atoms. The van der Waals surface area contributed by atoms with Crippen LogP contribution in [-0.4, -0.2) is 30.4 Å². The van der Waals surface area contributed by atoms with E-state index in [1.165, 1.54) is 0 Å². The van der Waals surface area contributed by atoms with E-state index in [4.69, 9.17) is 23.2 Å². The van der Waals surface area contributed by atoms with Crippen LogP contribution in [0.25, 0.3) is 0 Å². The monoisotopic (exact) mass is 594 g/mol. The first-order valence-electron chi connectivity index (χ1n) is 14.0. The molecule has 1 atom stereocenters. The highest BCUT2D eigenvalue weighted by Gasteiger charge is 2.41. The summed E-state index contributed by atoms with van der Waals surface area (Å²) in [7, 11) is 0. The van der Waals surface area contributed by atoms with E-state index in [0.717, 1.165) is 36.8 Å². The summed E-state index contributed by atoms with van der Waals surface area (Å²) >= 11 is 12.3. The van der Waals surface area contributed by atoms with Crippen LogP contribution in [0, 0.1) is 5.41 Å². The van der Waals surface area contributed by atoms with E-state index < -0.39 is 5.41 Å². The summed E-state index contributed by atoms with van der Waals surface area (Å²) in [5, 5.41) is 12.4. The van der Waals surface area contributed by atoms with Crippen LogP contribution in [0.15, 0.2) is 72.8 Å². The van der Waals surface area contributed by atoms with Crippen molar-refractivity contribution in [1.82, 2.24) is 16.0 Å². The minimum atomic E-state index is -0.463. The van der Waals surface area contributed by atoms with Crippen LogP contribution in [0.5, 0.6) is 0 Å². The van der Waals surface area contributed by atoms with Gasteiger partial charge in [-0.3, -0.25) is 9.59 Å². The molecule has 4 rings (SSSR count). The number of nitrogens with one attached hydrogen (secondary N) is 4. The first kappa shape index (κ1) is 30.4. The molecule has 0 aromatic heterocycles. The molecule has 0 spiro atoms. The maximum atomic E-state index is 13.4. The maximum Gasteiger partial charge on any atom is 0.315 e. The third-order valence-electron chi connectivity index (χ3n) is 7.55. The van der Waals surface area contributed by atoms with Crippen molar-refractivity contribution in [2.75, 3.05) is 11.9 Å². The molecule has 4 N–H and O–H groups in total. The maximum absolute atomic E-state index is 13.4. The molecule has 4 amide bonds. The molecule has 41 heavy (non-hydrogen) atoms. The molecule has 0 heterocycles. The summed E-state index contributed by atoms with van der Waals surface area (Å²) < 4.78 is 0. The first-order valence-corrected chi connectivity index (χ1v) is 14.7. The standard InChI is InChI=1S/C32H36Cl2N4O3/c1-22(20-23-12-14-25(15-13-23)38-29(39)28-26(33)10-7-11-27(28)34)37-30(40)32(16-5-6-17-32)18-19-35-31(41)36-21-24-8-3-2-4-9-24/h2-4,7-15,22H,5-6,16-21H2,1H3,(H,37,40)(H,38,39)(H2,35,36,41). The van der Waals surface area contributed by atoms with Crippen LogP contribution in [-0.2, 0) is 17.8 Å². The van der Waals surface area contributed by atoms with E-state index in [9.17, 15) is 14.4 Å². The van der Waals surface area contributed by atoms with Crippen LogP contribution >= 0.6 is 23.2 Å². The Hall–Kier alpha value is -3.55. The van der Waals surface area contributed by atoms with Crippen molar-refractivity contribution in [3.8, 4) is 0 Å². The summed E-state index contributed by atoms with van der Waals surface area (Å²) in [4.78, 5) is 38.3. The average Bonchev–Trinajstić information content (AvgIpc) is 3.44. The molecule has 7 nitrogen and oxygen atoms in total. The van der Waals surface area contributed by atoms with Gasteiger partial charge in [-0.05, 0) is 68.0 Å². The van der Waals surface area contributed by atoms with E-state index in [1.807, 2.05) is 61.5 Å². The molecule has 3 aromatic carbocycles. The Morgan fingerprint density at radius 1 is 0.829 bits per heavy atom. The lowest BCUT2D eigenvalue weighted by molar-refractivity contribution is -0.131. The SMILES string of the molecule is CC(Cc1ccc(NC(=O)c2c(Cl)cccc2Cl)cc1)NC(=O)C1(CCNC(=O)NCc2ccccc2)CCCC1. The van der Waals surface area contributed by atoms with Gasteiger partial charge >= 0.3 is 6.03 Å². The van der Waals surface area contributed by atoms with E-state index in [1.54, 1.807) is 18.2 Å². The predicted molar refractivity (Wildman–Crippen MR) is 164 cm³/mol. The Balaban J connectivity index is 1.25. The van der Waals surface area contributed by atoms with Crippen molar-refractivity contribution in [3.63, 3.8) is 0 Å². The van der Waals surface area contributed by atoms with Gasteiger partial charge in [-0.15, -0.1) is 0 Å². The molecule has 3 aromatic rings. The van der Waals surface area contributed by atoms with Crippen LogP contribution in [0.3, 0.4) is 0 Å². The van der Waals surface area contributed by atoms with E-state index in [0.29, 0.717) is 41.7 Å². The van der Waals surface area contributed by atoms with Gasteiger partial charge < -0.3 is 21.3 Å². The second kappa shape index (κ2) is 14.4. The van der Waals surface area contributed by atoms with Gasteiger partial charge in [0.2, 0.25) is 5.91 Å². The van der Waals surface area contributed by atoms with Gasteiger partial charge in [0.25, 0.3) is 5.91 Å². The normalized spacial score (nSPS) is 14.6. The fourth-order valence-electron chi connectivity index (χ4n) is 5.31. The molecule has 1 aliphatic carbocycles. The molecule has 0 aliphatic heterocycles. The van der Waals surface area contributed by atoms with Crippen LogP contribution in [0.2, 0.25) is 10.0 Å². The summed E-state index contributed by atoms with van der Waals surface area (Å²) in [6, 6.07) is 21.9. The predicted octanol–water partition coefficient (Wildman–Crippen LogP) is 6.74. The molecule has 0 radical (unpaired) electrons. The topological polar surface area (TPSA) is 99.3 Å². The van der Waals surface area contributed by atoms with E-state index in [2.05, 4.69) is 21.3 Å². The highest BCUT2D eigenvalue weighted by molar-refractivity contribution is 6.40. The quantitative estimate of drug-likeness (QED) is 0.198. The number of hydrogen-bond acceptors (Lipinski definition) is 3. The number of halogens is 2. The van der Waals surface area contributed by atoms with Crippen LogP contribution in [0.4, 0.5) is 10.5 Å². The van der Waals surface area contributed by atoms with E-state index >= 15 is 0 Å². The molecule has 1 fully saturated rings. The van der Waals surface area contributed by atoms with Crippen molar-refractivity contribution >= 4 is 46.7 Å². The average molecular weight is 596 g/mol. The van der Waals surface area contributed by atoms with E-state index in [-0.39, 0.29) is 29.5 Å². The summed E-state index contributed by atoms with van der Waals surface area (Å²) in [6.07, 6.45) is 4.91. The molecular formula is C32H36Cl2N4O3. The zero-order chi connectivity index (χ0) is 29.2. The third-order valence-corrected chi connectivity index (χ3v) is 8.18. The lowest BCUT2D eigenvalue weighted by Gasteiger charge is -2.29. The number of carbonyl (C=O) groups is 3. The molecule has 9 heteroatoms. The summed E-state index contributed by atoms with van der Waals surface area (Å²) in [5.41, 5.74) is 2.46. The fraction of sp³-hybridized carbons (Fsp3) is 0.344. The van der Waals surface area contributed by atoms with Gasteiger partial charge in [-0.1, -0.05) is 84.6 Å². The number of hydrogen-bond donors (Lipinski definition) is 4. The zero-order valence-electron chi connectivity index (χ0n) is 23.1. The van der Waals surface area contributed by atoms with Gasteiger partial charge in [-0.25, -0.2) is 4.79 Å². The van der Waals surface area contributed by atoms with Gasteiger partial charge in [0, 0.05) is 24.8 Å². The molecule has 1 aliphatic rings. The number of amides is 4. The van der Waals surface area contributed by atoms with Crippen LogP contribution in [0.1, 0.15) is 60.5 Å². The van der Waals surface area contributed by atoms with Crippen molar-refractivity contribution in [1.29, 1.82) is 0 Å². The number of urea groups is 1. The Labute approximate surface area is 251 Å². The van der Waals surface area contributed by atoms with Crippen molar-refractivity contribution in [2.24, 2.45) is 5.41 Å². The molecular weight excluding hydrogens is 559 g/mol. The molecule has 1 unspecified atom stereocenters. The van der Waals surface area contributed by atoms with Gasteiger partial charge in [0.15, 0.2) is 0 Å². The Bertz CT molecular complexity index is 1320. The third kappa shape index (κ3) is 8.47. The van der Waals surface area contributed by atoms with Crippen molar-refractivity contribution < 1.29 is 14.4 Å². The first-order chi connectivity index (χ1) is 19.8. The summed E-state index contributed by atoms with van der Waals surface area (Å²) in [6.45, 7) is 2.89. The number of rotatable bonds is 11. The highest BCUT2D eigenvalue weighted by Crippen LogP contribution is 2.41. The van der Waals surface area contributed by atoms with Crippen molar-refractivity contribution in [2.45, 2.75) is 58.0 Å². The number of carbonyl (C=O) groups excluding carboxylic acids is 3. The zero-order valence-corrected chi connectivity index (χ0v) is 24.7. The van der Waals surface area contributed by atoms with Gasteiger partial charge in [0.05, 0.1) is 21.0 Å². The Kier molecular flexibility index (Phi) is 10.7. The molecule has 1 saturated carbocycles. The minimum Gasteiger partial charge on any atom is -0.353 e. The Morgan fingerprint density at radius 2 is 1.49 bits per heavy atom. The lowest BCUT2D eigenvalue weighted by Crippen LogP contribution is -2.46. The van der Waals surface area contributed by atoms with Crippen molar-refractivity contribution in [3.05, 3.63) is 99.5 Å². The number of anilines is 1. The minimum absolute atomic E-state index is 0.0505. The summed E-state index contributed by atoms with van der Waals surface area (Å²) in [5.74, 6) is -0.325. The largest absolute Gasteiger partial charge is 0.353 e. The Morgan fingerprint density at radius 3 is 2.15 bits per heavy atom. The lowest BCUT2D eigenvalue weighted by atomic mass is 9.81. The molecule has 216 valence electrons.